The molecule has 0 unspecified atom stereocenters. The molecule has 2 aromatic carbocycles. The second-order valence-corrected chi connectivity index (χ2v) is 10.6. The zero-order valence-electron chi connectivity index (χ0n) is 18.6. The molecule has 0 bridgehead atoms. The Kier molecular flexibility index (Phi) is 7.30. The van der Waals surface area contributed by atoms with Gasteiger partial charge in [-0.3, -0.25) is 9.59 Å². The summed E-state index contributed by atoms with van der Waals surface area (Å²) in [5.41, 5.74) is 0.914. The van der Waals surface area contributed by atoms with Crippen molar-refractivity contribution in [3.8, 4) is 5.75 Å². The van der Waals surface area contributed by atoms with E-state index in [2.05, 4.69) is 10.6 Å². The third-order valence-electron chi connectivity index (χ3n) is 5.52. The molecule has 0 spiro atoms. The number of methoxy groups -OCH3 is 1. The summed E-state index contributed by atoms with van der Waals surface area (Å²) in [6.45, 7) is 0.915. The number of hydrogen-bond acceptors (Lipinski definition) is 6. The summed E-state index contributed by atoms with van der Waals surface area (Å²) in [6.07, 6.45) is 2.62. The number of anilines is 2. The zero-order valence-corrected chi connectivity index (χ0v) is 20.2. The van der Waals surface area contributed by atoms with Crippen LogP contribution in [0.2, 0.25) is 0 Å². The van der Waals surface area contributed by atoms with E-state index in [0.29, 0.717) is 29.3 Å². The number of para-hydroxylation sites is 1. The van der Waals surface area contributed by atoms with E-state index in [4.69, 9.17) is 4.74 Å². The fourth-order valence-electron chi connectivity index (χ4n) is 3.78. The van der Waals surface area contributed by atoms with Crippen molar-refractivity contribution >= 4 is 44.5 Å². The molecular formula is C24H25N3O5S2. The lowest BCUT2D eigenvalue weighted by Gasteiger charge is -2.26. The van der Waals surface area contributed by atoms with Gasteiger partial charge in [0.1, 0.15) is 10.6 Å². The maximum absolute atomic E-state index is 13.2. The Morgan fingerprint density at radius 2 is 1.71 bits per heavy atom. The number of amides is 2. The summed E-state index contributed by atoms with van der Waals surface area (Å²) in [5.74, 6) is -0.574. The van der Waals surface area contributed by atoms with Crippen LogP contribution in [0.3, 0.4) is 0 Å². The minimum absolute atomic E-state index is 0.00832. The Balaban J connectivity index is 1.58. The van der Waals surface area contributed by atoms with Gasteiger partial charge in [0, 0.05) is 18.8 Å². The van der Waals surface area contributed by atoms with Crippen LogP contribution >= 0.6 is 11.3 Å². The lowest BCUT2D eigenvalue weighted by atomic mass is 10.1. The molecule has 34 heavy (non-hydrogen) atoms. The molecular weight excluding hydrogens is 474 g/mol. The zero-order chi connectivity index (χ0) is 24.1. The van der Waals surface area contributed by atoms with E-state index >= 15 is 0 Å². The van der Waals surface area contributed by atoms with Crippen molar-refractivity contribution in [2.45, 2.75) is 24.2 Å². The Hall–Kier alpha value is -3.21. The average Bonchev–Trinajstić information content (AvgIpc) is 3.40. The highest BCUT2D eigenvalue weighted by molar-refractivity contribution is 7.89. The van der Waals surface area contributed by atoms with Gasteiger partial charge in [0.2, 0.25) is 10.0 Å². The van der Waals surface area contributed by atoms with Gasteiger partial charge < -0.3 is 15.4 Å². The number of benzene rings is 2. The second kappa shape index (κ2) is 10.4. The van der Waals surface area contributed by atoms with Crippen LogP contribution in [-0.2, 0) is 10.0 Å². The number of sulfonamides is 1. The molecule has 1 saturated heterocycles. The van der Waals surface area contributed by atoms with Gasteiger partial charge in [-0.25, -0.2) is 8.42 Å². The molecule has 1 aliphatic rings. The van der Waals surface area contributed by atoms with Gasteiger partial charge in [-0.1, -0.05) is 24.6 Å². The highest BCUT2D eigenvalue weighted by Crippen LogP contribution is 2.31. The highest BCUT2D eigenvalue weighted by atomic mass is 32.2. The number of hydrogen-bond donors (Lipinski definition) is 2. The molecule has 178 valence electrons. The van der Waals surface area contributed by atoms with Crippen molar-refractivity contribution in [1.29, 1.82) is 0 Å². The van der Waals surface area contributed by atoms with E-state index in [0.717, 1.165) is 19.3 Å². The molecule has 8 nitrogen and oxygen atoms in total. The number of nitrogens with one attached hydrogen (secondary N) is 2. The Labute approximate surface area is 202 Å². The Morgan fingerprint density at radius 3 is 2.41 bits per heavy atom. The molecule has 1 aromatic heterocycles. The van der Waals surface area contributed by atoms with E-state index in [1.165, 1.54) is 34.9 Å². The first-order valence-corrected chi connectivity index (χ1v) is 13.2. The number of ether oxygens (including phenoxy) is 1. The van der Waals surface area contributed by atoms with Crippen LogP contribution < -0.4 is 15.4 Å². The average molecular weight is 500 g/mol. The van der Waals surface area contributed by atoms with Crippen LogP contribution in [0, 0.1) is 0 Å². The Bertz CT molecular complexity index is 1280. The van der Waals surface area contributed by atoms with Gasteiger partial charge in [0.05, 0.1) is 23.2 Å². The normalized spacial score (nSPS) is 14.4. The summed E-state index contributed by atoms with van der Waals surface area (Å²) in [4.78, 5) is 26.1. The predicted molar refractivity (Wildman–Crippen MR) is 132 cm³/mol. The van der Waals surface area contributed by atoms with Gasteiger partial charge in [-0.2, -0.15) is 4.31 Å². The smallest absolute Gasteiger partial charge is 0.265 e. The number of piperidine rings is 1. The van der Waals surface area contributed by atoms with Gasteiger partial charge >= 0.3 is 0 Å². The number of carbonyl (C=O) groups is 2. The van der Waals surface area contributed by atoms with Crippen molar-refractivity contribution in [1.82, 2.24) is 4.31 Å². The first-order chi connectivity index (χ1) is 16.4. The standard InChI is InChI=1S/C24H25N3O5S2/c1-32-20-12-11-17(16-22(20)34(30,31)27-13-5-2-6-14-27)25-23(28)18-8-3-4-9-19(18)26-24(29)21-10-7-15-33-21/h3-4,7-12,15-16H,2,5-6,13-14H2,1H3,(H,25,28)(H,26,29). The van der Waals surface area contributed by atoms with Crippen LogP contribution in [-0.4, -0.2) is 44.7 Å². The number of rotatable bonds is 7. The molecule has 3 aromatic rings. The van der Waals surface area contributed by atoms with Gasteiger partial charge in [-0.15, -0.1) is 11.3 Å². The number of nitrogens with zero attached hydrogens (tertiary/aromatic N) is 1. The predicted octanol–water partition coefficient (Wildman–Crippen LogP) is 4.44. The van der Waals surface area contributed by atoms with Crippen molar-refractivity contribution in [3.63, 3.8) is 0 Å². The maximum Gasteiger partial charge on any atom is 0.265 e. The summed E-state index contributed by atoms with van der Waals surface area (Å²) in [6, 6.07) is 14.6. The lowest BCUT2D eigenvalue weighted by molar-refractivity contribution is 0.102. The van der Waals surface area contributed by atoms with Crippen molar-refractivity contribution in [2.24, 2.45) is 0 Å². The van der Waals surface area contributed by atoms with Crippen molar-refractivity contribution in [3.05, 3.63) is 70.4 Å². The van der Waals surface area contributed by atoms with Crippen LogP contribution in [0.15, 0.2) is 64.9 Å². The Morgan fingerprint density at radius 1 is 0.941 bits per heavy atom. The second-order valence-electron chi connectivity index (χ2n) is 7.76. The van der Waals surface area contributed by atoms with Crippen LogP contribution in [0.5, 0.6) is 5.75 Å². The van der Waals surface area contributed by atoms with Crippen molar-refractivity contribution < 1.29 is 22.7 Å². The fraction of sp³-hybridized carbons (Fsp3) is 0.250. The molecule has 2 heterocycles. The van der Waals surface area contributed by atoms with E-state index in [1.54, 1.807) is 47.8 Å². The topological polar surface area (TPSA) is 105 Å². The fourth-order valence-corrected chi connectivity index (χ4v) is 6.10. The summed E-state index contributed by atoms with van der Waals surface area (Å²) in [5, 5.41) is 7.31. The SMILES string of the molecule is COc1ccc(NC(=O)c2ccccc2NC(=O)c2cccs2)cc1S(=O)(=O)N1CCCCC1. The molecule has 4 rings (SSSR count). The van der Waals surface area contributed by atoms with Crippen LogP contribution in [0.4, 0.5) is 11.4 Å². The third-order valence-corrected chi connectivity index (χ3v) is 8.31. The molecule has 1 fully saturated rings. The highest BCUT2D eigenvalue weighted by Gasteiger charge is 2.29. The molecule has 10 heteroatoms. The largest absolute Gasteiger partial charge is 0.495 e. The number of carbonyl (C=O) groups excluding carboxylic acids is 2. The van der Waals surface area contributed by atoms with E-state index in [1.807, 2.05) is 0 Å². The summed E-state index contributed by atoms with van der Waals surface area (Å²) in [7, 11) is -2.36. The monoisotopic (exact) mass is 499 g/mol. The molecule has 0 atom stereocenters. The molecule has 0 saturated carbocycles. The van der Waals surface area contributed by atoms with E-state index in [9.17, 15) is 18.0 Å². The minimum Gasteiger partial charge on any atom is -0.495 e. The lowest BCUT2D eigenvalue weighted by Crippen LogP contribution is -2.35. The first-order valence-electron chi connectivity index (χ1n) is 10.8. The number of thiophene rings is 1. The van der Waals surface area contributed by atoms with Gasteiger partial charge in [-0.05, 0) is 54.6 Å². The van der Waals surface area contributed by atoms with E-state index in [-0.39, 0.29) is 22.1 Å². The van der Waals surface area contributed by atoms with E-state index < -0.39 is 15.9 Å². The molecule has 0 radical (unpaired) electrons. The molecule has 2 amide bonds. The quantitative estimate of drug-likeness (QED) is 0.500. The minimum atomic E-state index is -3.78. The molecule has 2 N–H and O–H groups in total. The van der Waals surface area contributed by atoms with Gasteiger partial charge in [0.25, 0.3) is 11.8 Å². The summed E-state index contributed by atoms with van der Waals surface area (Å²) < 4.78 is 33.3. The molecule has 0 aliphatic carbocycles. The van der Waals surface area contributed by atoms with Crippen molar-refractivity contribution in [2.75, 3.05) is 30.8 Å². The van der Waals surface area contributed by atoms with Crippen LogP contribution in [0.1, 0.15) is 39.3 Å². The maximum atomic E-state index is 13.2. The first kappa shape index (κ1) is 23.9. The molecule has 1 aliphatic heterocycles. The van der Waals surface area contributed by atoms with Gasteiger partial charge in [0.15, 0.2) is 0 Å². The summed E-state index contributed by atoms with van der Waals surface area (Å²) >= 11 is 1.30. The third kappa shape index (κ3) is 5.14. The van der Waals surface area contributed by atoms with Crippen LogP contribution in [0.25, 0.3) is 0 Å².